The summed E-state index contributed by atoms with van der Waals surface area (Å²) in [6.07, 6.45) is 1.12. The molecule has 1 saturated heterocycles. The number of piperidine rings is 1. The van der Waals surface area contributed by atoms with Crippen LogP contribution < -0.4 is 5.73 Å². The molecular formula is C13H27N3O. The Balaban J connectivity index is 2.41. The number of nitrogens with zero attached hydrogens (tertiary/aromatic N) is 2. The highest BCUT2D eigenvalue weighted by atomic mass is 16.2. The first kappa shape index (κ1) is 14.5. The summed E-state index contributed by atoms with van der Waals surface area (Å²) in [6, 6.07) is 0.279. The van der Waals surface area contributed by atoms with Gasteiger partial charge in [-0.15, -0.1) is 0 Å². The minimum atomic E-state index is 0.221. The first-order valence-electron chi connectivity index (χ1n) is 6.63. The number of likely N-dealkylation sites (tertiary alicyclic amines) is 1. The van der Waals surface area contributed by atoms with E-state index in [2.05, 4.69) is 11.8 Å². The summed E-state index contributed by atoms with van der Waals surface area (Å²) < 4.78 is 0. The number of hydrogen-bond acceptors (Lipinski definition) is 3. The second-order valence-electron chi connectivity index (χ2n) is 5.60. The van der Waals surface area contributed by atoms with Crippen LogP contribution in [0.2, 0.25) is 0 Å². The second kappa shape index (κ2) is 6.36. The maximum absolute atomic E-state index is 12.0. The second-order valence-corrected chi connectivity index (χ2v) is 5.60. The third-order valence-corrected chi connectivity index (χ3v) is 4.00. The Labute approximate surface area is 105 Å². The Hall–Kier alpha value is -0.610. The number of carbonyl (C=O) groups is 1. The zero-order chi connectivity index (χ0) is 13.0. The van der Waals surface area contributed by atoms with Crippen LogP contribution in [-0.2, 0) is 4.79 Å². The summed E-state index contributed by atoms with van der Waals surface area (Å²) in [5.41, 5.74) is 5.73. The van der Waals surface area contributed by atoms with Crippen molar-refractivity contribution in [3.05, 3.63) is 0 Å². The van der Waals surface area contributed by atoms with Gasteiger partial charge in [-0.3, -0.25) is 9.69 Å². The van der Waals surface area contributed by atoms with E-state index in [1.54, 1.807) is 0 Å². The number of rotatable bonds is 4. The Morgan fingerprint density at radius 3 is 2.65 bits per heavy atom. The van der Waals surface area contributed by atoms with E-state index in [1.165, 1.54) is 0 Å². The van der Waals surface area contributed by atoms with Crippen molar-refractivity contribution < 1.29 is 4.79 Å². The van der Waals surface area contributed by atoms with Gasteiger partial charge in [-0.05, 0) is 45.2 Å². The average molecular weight is 241 g/mol. The van der Waals surface area contributed by atoms with Gasteiger partial charge in [-0.2, -0.15) is 0 Å². The molecule has 0 aromatic heterocycles. The van der Waals surface area contributed by atoms with E-state index in [0.717, 1.165) is 26.1 Å². The standard InChI is InChI=1S/C13H27N3O/c1-10(2)15(4)13(17)9-16-6-5-12(7-14)11(3)8-16/h10-12H,5-9,14H2,1-4H3. The highest BCUT2D eigenvalue weighted by Gasteiger charge is 2.26. The van der Waals surface area contributed by atoms with Gasteiger partial charge in [0.05, 0.1) is 6.54 Å². The number of likely N-dealkylation sites (N-methyl/N-ethyl adjacent to an activating group) is 1. The van der Waals surface area contributed by atoms with E-state index in [9.17, 15) is 4.79 Å². The molecule has 0 aromatic carbocycles. The van der Waals surface area contributed by atoms with Crippen molar-refractivity contribution in [2.75, 3.05) is 33.2 Å². The summed E-state index contributed by atoms with van der Waals surface area (Å²) in [5, 5.41) is 0. The third kappa shape index (κ3) is 3.96. The smallest absolute Gasteiger partial charge is 0.236 e. The molecule has 17 heavy (non-hydrogen) atoms. The number of nitrogens with two attached hydrogens (primary N) is 1. The van der Waals surface area contributed by atoms with Gasteiger partial charge in [0.25, 0.3) is 0 Å². The van der Waals surface area contributed by atoms with E-state index < -0.39 is 0 Å². The van der Waals surface area contributed by atoms with Crippen LogP contribution in [0.15, 0.2) is 0 Å². The summed E-state index contributed by atoms with van der Waals surface area (Å²) >= 11 is 0. The molecule has 1 aliphatic rings. The minimum absolute atomic E-state index is 0.221. The molecule has 1 fully saturated rings. The molecule has 1 amide bonds. The van der Waals surface area contributed by atoms with Crippen LogP contribution in [0.1, 0.15) is 27.2 Å². The molecule has 4 nitrogen and oxygen atoms in total. The Morgan fingerprint density at radius 2 is 2.18 bits per heavy atom. The zero-order valence-electron chi connectivity index (χ0n) is 11.6. The quantitative estimate of drug-likeness (QED) is 0.791. The highest BCUT2D eigenvalue weighted by molar-refractivity contribution is 5.78. The van der Waals surface area contributed by atoms with E-state index >= 15 is 0 Å². The van der Waals surface area contributed by atoms with Crippen molar-refractivity contribution in [3.63, 3.8) is 0 Å². The fraction of sp³-hybridized carbons (Fsp3) is 0.923. The molecule has 4 heteroatoms. The van der Waals surface area contributed by atoms with Crippen molar-refractivity contribution in [1.82, 2.24) is 9.80 Å². The topological polar surface area (TPSA) is 49.6 Å². The van der Waals surface area contributed by atoms with Crippen molar-refractivity contribution >= 4 is 5.91 Å². The predicted molar refractivity (Wildman–Crippen MR) is 70.7 cm³/mol. The molecule has 1 rings (SSSR count). The molecule has 0 radical (unpaired) electrons. The monoisotopic (exact) mass is 241 g/mol. The number of carbonyl (C=O) groups excluding carboxylic acids is 1. The van der Waals surface area contributed by atoms with Gasteiger partial charge in [-0.25, -0.2) is 0 Å². The molecule has 1 aliphatic heterocycles. The lowest BCUT2D eigenvalue weighted by atomic mass is 9.87. The summed E-state index contributed by atoms with van der Waals surface area (Å²) in [5.74, 6) is 1.45. The van der Waals surface area contributed by atoms with Crippen molar-refractivity contribution in [3.8, 4) is 0 Å². The fourth-order valence-electron chi connectivity index (χ4n) is 2.37. The Kier molecular flexibility index (Phi) is 5.40. The van der Waals surface area contributed by atoms with E-state index in [-0.39, 0.29) is 11.9 Å². The van der Waals surface area contributed by atoms with Gasteiger partial charge < -0.3 is 10.6 Å². The van der Waals surface area contributed by atoms with Gasteiger partial charge in [0.1, 0.15) is 0 Å². The average Bonchev–Trinajstić information content (AvgIpc) is 2.28. The van der Waals surface area contributed by atoms with E-state index in [0.29, 0.717) is 18.4 Å². The highest BCUT2D eigenvalue weighted by Crippen LogP contribution is 2.21. The minimum Gasteiger partial charge on any atom is -0.342 e. The predicted octanol–water partition coefficient (Wildman–Crippen LogP) is 0.770. The summed E-state index contributed by atoms with van der Waals surface area (Å²) in [4.78, 5) is 16.1. The molecule has 1 heterocycles. The van der Waals surface area contributed by atoms with Crippen LogP contribution in [0.3, 0.4) is 0 Å². The molecular weight excluding hydrogens is 214 g/mol. The van der Waals surface area contributed by atoms with Crippen LogP contribution >= 0.6 is 0 Å². The van der Waals surface area contributed by atoms with E-state index in [4.69, 9.17) is 5.73 Å². The molecule has 0 saturated carbocycles. The Bertz CT molecular complexity index is 255. The fourth-order valence-corrected chi connectivity index (χ4v) is 2.37. The summed E-state index contributed by atoms with van der Waals surface area (Å²) in [7, 11) is 1.88. The summed E-state index contributed by atoms with van der Waals surface area (Å²) in [6.45, 7) is 9.65. The van der Waals surface area contributed by atoms with Crippen LogP contribution in [0.25, 0.3) is 0 Å². The third-order valence-electron chi connectivity index (χ3n) is 4.00. The molecule has 2 atom stereocenters. The number of amides is 1. The van der Waals surface area contributed by atoms with Crippen molar-refractivity contribution in [2.24, 2.45) is 17.6 Å². The van der Waals surface area contributed by atoms with Crippen LogP contribution in [0, 0.1) is 11.8 Å². The maximum atomic E-state index is 12.0. The van der Waals surface area contributed by atoms with Crippen molar-refractivity contribution in [1.29, 1.82) is 0 Å². The lowest BCUT2D eigenvalue weighted by Crippen LogP contribution is -2.47. The largest absolute Gasteiger partial charge is 0.342 e. The van der Waals surface area contributed by atoms with Crippen LogP contribution in [0.4, 0.5) is 0 Å². The first-order chi connectivity index (χ1) is 7.95. The van der Waals surface area contributed by atoms with Gasteiger partial charge in [-0.1, -0.05) is 6.92 Å². The van der Waals surface area contributed by atoms with E-state index in [1.807, 2.05) is 25.8 Å². The molecule has 0 spiro atoms. The molecule has 100 valence electrons. The zero-order valence-corrected chi connectivity index (χ0v) is 11.6. The van der Waals surface area contributed by atoms with Gasteiger partial charge in [0.2, 0.25) is 5.91 Å². The van der Waals surface area contributed by atoms with Gasteiger partial charge >= 0.3 is 0 Å². The van der Waals surface area contributed by atoms with Crippen molar-refractivity contribution in [2.45, 2.75) is 33.2 Å². The molecule has 2 N–H and O–H groups in total. The van der Waals surface area contributed by atoms with Gasteiger partial charge in [0, 0.05) is 19.6 Å². The lowest BCUT2D eigenvalue weighted by molar-refractivity contribution is -0.133. The lowest BCUT2D eigenvalue weighted by Gasteiger charge is -2.37. The Morgan fingerprint density at radius 1 is 1.53 bits per heavy atom. The molecule has 0 bridgehead atoms. The number of hydrogen-bond donors (Lipinski definition) is 1. The van der Waals surface area contributed by atoms with Gasteiger partial charge in [0.15, 0.2) is 0 Å². The van der Waals surface area contributed by atoms with Crippen LogP contribution in [0.5, 0.6) is 0 Å². The normalized spacial score (nSPS) is 26.2. The first-order valence-corrected chi connectivity index (χ1v) is 6.63. The maximum Gasteiger partial charge on any atom is 0.236 e. The van der Waals surface area contributed by atoms with Crippen LogP contribution in [-0.4, -0.2) is 55.0 Å². The molecule has 2 unspecified atom stereocenters. The SMILES string of the molecule is CC1CN(CC(=O)N(C)C(C)C)CCC1CN. The molecule has 0 aromatic rings. The molecule has 0 aliphatic carbocycles.